The molecule has 0 amide bonds. The molecule has 3 nitrogen and oxygen atoms in total. The van der Waals surface area contributed by atoms with Crippen molar-refractivity contribution in [3.63, 3.8) is 0 Å². The molecular formula is C17H20N2O. The molecule has 1 aromatic carbocycles. The standard InChI is InChI=1S/C17H20N2O/c1-2-11-20-16-9-6-10-18-17(16)19-15-12-14(15)13-7-4-3-5-8-13/h3-10,14-15H,2,11-12H2,1H3,(H,18,19). The SMILES string of the molecule is CCCOc1cccnc1NC1CC1c1ccccc1. The van der Waals surface area contributed by atoms with Gasteiger partial charge >= 0.3 is 0 Å². The Kier molecular flexibility index (Phi) is 3.86. The molecule has 0 radical (unpaired) electrons. The molecule has 0 bridgehead atoms. The van der Waals surface area contributed by atoms with Crippen molar-refractivity contribution in [1.29, 1.82) is 0 Å². The lowest BCUT2D eigenvalue weighted by atomic mass is 10.1. The zero-order chi connectivity index (χ0) is 13.8. The fourth-order valence-electron chi connectivity index (χ4n) is 2.43. The predicted molar refractivity (Wildman–Crippen MR) is 81.2 cm³/mol. The van der Waals surface area contributed by atoms with E-state index in [0.717, 1.165) is 31.0 Å². The van der Waals surface area contributed by atoms with Gasteiger partial charge in [0.15, 0.2) is 11.6 Å². The van der Waals surface area contributed by atoms with Gasteiger partial charge in [-0.3, -0.25) is 0 Å². The average molecular weight is 268 g/mol. The van der Waals surface area contributed by atoms with Crippen molar-refractivity contribution >= 4 is 5.82 Å². The van der Waals surface area contributed by atoms with E-state index in [1.54, 1.807) is 6.20 Å². The summed E-state index contributed by atoms with van der Waals surface area (Å²) in [7, 11) is 0. The van der Waals surface area contributed by atoms with Crippen molar-refractivity contribution in [2.75, 3.05) is 11.9 Å². The molecule has 1 aliphatic carbocycles. The molecule has 3 rings (SSSR count). The number of ether oxygens (including phenoxy) is 1. The van der Waals surface area contributed by atoms with Crippen molar-refractivity contribution in [2.24, 2.45) is 0 Å². The van der Waals surface area contributed by atoms with Crippen molar-refractivity contribution in [3.05, 3.63) is 54.2 Å². The molecule has 0 saturated heterocycles. The molecule has 1 saturated carbocycles. The lowest BCUT2D eigenvalue weighted by Crippen LogP contribution is -2.08. The van der Waals surface area contributed by atoms with Gasteiger partial charge in [-0.1, -0.05) is 37.3 Å². The molecular weight excluding hydrogens is 248 g/mol. The molecule has 3 heteroatoms. The molecule has 1 heterocycles. The summed E-state index contributed by atoms with van der Waals surface area (Å²) in [5, 5.41) is 3.51. The van der Waals surface area contributed by atoms with Crippen LogP contribution in [0.15, 0.2) is 48.7 Å². The molecule has 104 valence electrons. The summed E-state index contributed by atoms with van der Waals surface area (Å²) >= 11 is 0. The first kappa shape index (κ1) is 13.0. The third kappa shape index (κ3) is 2.93. The van der Waals surface area contributed by atoms with Gasteiger partial charge in [-0.2, -0.15) is 0 Å². The number of benzene rings is 1. The minimum Gasteiger partial charge on any atom is -0.490 e. The first-order valence-electron chi connectivity index (χ1n) is 7.27. The van der Waals surface area contributed by atoms with Crippen LogP contribution in [-0.4, -0.2) is 17.6 Å². The molecule has 1 aromatic heterocycles. The zero-order valence-corrected chi connectivity index (χ0v) is 11.8. The summed E-state index contributed by atoms with van der Waals surface area (Å²) in [5.74, 6) is 2.31. The molecule has 1 aliphatic rings. The molecule has 0 aliphatic heterocycles. The molecule has 1 N–H and O–H groups in total. The molecule has 0 spiro atoms. The first-order chi connectivity index (χ1) is 9.88. The lowest BCUT2D eigenvalue weighted by Gasteiger charge is -2.11. The Hall–Kier alpha value is -2.03. The Bertz CT molecular complexity index is 556. The highest BCUT2D eigenvalue weighted by Crippen LogP contribution is 2.43. The number of anilines is 1. The summed E-state index contributed by atoms with van der Waals surface area (Å²) in [6.45, 7) is 2.84. The maximum Gasteiger partial charge on any atom is 0.168 e. The number of nitrogens with one attached hydrogen (secondary N) is 1. The number of rotatable bonds is 6. The Morgan fingerprint density at radius 1 is 1.20 bits per heavy atom. The van der Waals surface area contributed by atoms with E-state index >= 15 is 0 Å². The number of hydrogen-bond donors (Lipinski definition) is 1. The van der Waals surface area contributed by atoms with Crippen LogP contribution in [0.25, 0.3) is 0 Å². The smallest absolute Gasteiger partial charge is 0.168 e. The van der Waals surface area contributed by atoms with Crippen LogP contribution >= 0.6 is 0 Å². The van der Waals surface area contributed by atoms with Crippen LogP contribution < -0.4 is 10.1 Å². The summed E-state index contributed by atoms with van der Waals surface area (Å²) in [6.07, 6.45) is 3.97. The molecule has 2 aromatic rings. The highest BCUT2D eigenvalue weighted by Gasteiger charge is 2.38. The highest BCUT2D eigenvalue weighted by atomic mass is 16.5. The van der Waals surface area contributed by atoms with Crippen LogP contribution in [0.5, 0.6) is 5.75 Å². The van der Waals surface area contributed by atoms with E-state index in [9.17, 15) is 0 Å². The van der Waals surface area contributed by atoms with Crippen molar-refractivity contribution in [1.82, 2.24) is 4.98 Å². The van der Waals surface area contributed by atoms with E-state index in [2.05, 4.69) is 47.6 Å². The fourth-order valence-corrected chi connectivity index (χ4v) is 2.43. The summed E-state index contributed by atoms with van der Waals surface area (Å²) in [6, 6.07) is 15.0. The summed E-state index contributed by atoms with van der Waals surface area (Å²) in [5.41, 5.74) is 1.40. The van der Waals surface area contributed by atoms with Gasteiger partial charge in [-0.05, 0) is 30.5 Å². The third-order valence-electron chi connectivity index (χ3n) is 3.57. The molecule has 2 unspecified atom stereocenters. The Morgan fingerprint density at radius 3 is 2.85 bits per heavy atom. The minimum atomic E-state index is 0.469. The Balaban J connectivity index is 1.65. The average Bonchev–Trinajstić information content (AvgIpc) is 3.27. The number of hydrogen-bond acceptors (Lipinski definition) is 3. The van der Waals surface area contributed by atoms with E-state index < -0.39 is 0 Å². The molecule has 20 heavy (non-hydrogen) atoms. The van der Waals surface area contributed by atoms with Crippen LogP contribution in [0.3, 0.4) is 0 Å². The van der Waals surface area contributed by atoms with Crippen molar-refractivity contribution < 1.29 is 4.74 Å². The highest BCUT2D eigenvalue weighted by molar-refractivity contribution is 5.52. The normalized spacial score (nSPS) is 20.4. The van der Waals surface area contributed by atoms with Crippen LogP contribution in [-0.2, 0) is 0 Å². The van der Waals surface area contributed by atoms with Gasteiger partial charge in [0.05, 0.1) is 6.61 Å². The minimum absolute atomic E-state index is 0.469. The molecule has 2 atom stereocenters. The quantitative estimate of drug-likeness (QED) is 0.864. The fraction of sp³-hybridized carbons (Fsp3) is 0.353. The number of aromatic nitrogens is 1. The third-order valence-corrected chi connectivity index (χ3v) is 3.57. The van der Waals surface area contributed by atoms with E-state index in [4.69, 9.17) is 4.74 Å². The van der Waals surface area contributed by atoms with Gasteiger partial charge < -0.3 is 10.1 Å². The Morgan fingerprint density at radius 2 is 2.05 bits per heavy atom. The second-order valence-corrected chi connectivity index (χ2v) is 5.20. The second-order valence-electron chi connectivity index (χ2n) is 5.20. The van der Waals surface area contributed by atoms with E-state index in [0.29, 0.717) is 12.0 Å². The number of nitrogens with zero attached hydrogens (tertiary/aromatic N) is 1. The second kappa shape index (κ2) is 5.95. The van der Waals surface area contributed by atoms with Crippen LogP contribution in [0, 0.1) is 0 Å². The number of pyridine rings is 1. The van der Waals surface area contributed by atoms with Gasteiger partial charge in [-0.15, -0.1) is 0 Å². The van der Waals surface area contributed by atoms with Gasteiger partial charge in [0.2, 0.25) is 0 Å². The van der Waals surface area contributed by atoms with Crippen molar-refractivity contribution in [3.8, 4) is 5.75 Å². The topological polar surface area (TPSA) is 34.1 Å². The van der Waals surface area contributed by atoms with E-state index in [1.165, 1.54) is 5.56 Å². The van der Waals surface area contributed by atoms with Crippen molar-refractivity contribution in [2.45, 2.75) is 31.7 Å². The van der Waals surface area contributed by atoms with E-state index in [1.807, 2.05) is 12.1 Å². The lowest BCUT2D eigenvalue weighted by molar-refractivity contribution is 0.317. The summed E-state index contributed by atoms with van der Waals surface area (Å²) in [4.78, 5) is 4.40. The van der Waals surface area contributed by atoms with Gasteiger partial charge in [-0.25, -0.2) is 4.98 Å². The zero-order valence-electron chi connectivity index (χ0n) is 11.8. The predicted octanol–water partition coefficient (Wildman–Crippen LogP) is 3.84. The first-order valence-corrected chi connectivity index (χ1v) is 7.27. The summed E-state index contributed by atoms with van der Waals surface area (Å²) < 4.78 is 5.73. The van der Waals surface area contributed by atoms with Crippen LogP contribution in [0.4, 0.5) is 5.82 Å². The molecule has 1 fully saturated rings. The van der Waals surface area contributed by atoms with E-state index in [-0.39, 0.29) is 0 Å². The maximum atomic E-state index is 5.73. The monoisotopic (exact) mass is 268 g/mol. The van der Waals surface area contributed by atoms with Gasteiger partial charge in [0.25, 0.3) is 0 Å². The maximum absolute atomic E-state index is 5.73. The van der Waals surface area contributed by atoms with Gasteiger partial charge in [0.1, 0.15) is 0 Å². The van der Waals surface area contributed by atoms with Gasteiger partial charge in [0, 0.05) is 18.2 Å². The van der Waals surface area contributed by atoms with Crippen LogP contribution in [0.2, 0.25) is 0 Å². The van der Waals surface area contributed by atoms with Crippen LogP contribution in [0.1, 0.15) is 31.2 Å². The largest absolute Gasteiger partial charge is 0.490 e. The Labute approximate surface area is 120 Å².